The van der Waals surface area contributed by atoms with Crippen LogP contribution in [-0.4, -0.2) is 66.1 Å². The van der Waals surface area contributed by atoms with Crippen LogP contribution >= 0.6 is 11.3 Å². The number of anilines is 3. The van der Waals surface area contributed by atoms with Crippen molar-refractivity contribution in [2.24, 2.45) is 0 Å². The van der Waals surface area contributed by atoms with Crippen LogP contribution in [0, 0.1) is 6.92 Å². The minimum Gasteiger partial charge on any atom is -0.379 e. The number of rotatable bonds is 8. The number of amides is 2. The fraction of sp³-hybridized carbons (Fsp3) is 0.286. The molecule has 9 nitrogen and oxygen atoms in total. The van der Waals surface area contributed by atoms with Crippen LogP contribution in [0.5, 0.6) is 0 Å². The highest BCUT2D eigenvalue weighted by molar-refractivity contribution is 7.18. The van der Waals surface area contributed by atoms with E-state index in [0.717, 1.165) is 49.7 Å². The summed E-state index contributed by atoms with van der Waals surface area (Å²) in [5.41, 5.74) is 1.28. The van der Waals surface area contributed by atoms with Gasteiger partial charge in [-0.1, -0.05) is 12.1 Å². The Bertz CT molecular complexity index is 1570. The zero-order valence-electron chi connectivity index (χ0n) is 22.0. The topological polar surface area (TPSA) is 108 Å². The van der Waals surface area contributed by atoms with Crippen molar-refractivity contribution >= 4 is 50.6 Å². The predicted octanol–water partition coefficient (Wildman–Crippen LogP) is 5.27. The molecule has 214 valence electrons. The molecule has 1 saturated heterocycles. The first-order chi connectivity index (χ1) is 19.7. The fourth-order valence-electron chi connectivity index (χ4n) is 4.36. The van der Waals surface area contributed by atoms with E-state index in [1.165, 1.54) is 41.9 Å². The molecule has 0 saturated carbocycles. The van der Waals surface area contributed by atoms with Gasteiger partial charge in [-0.3, -0.25) is 14.5 Å². The summed E-state index contributed by atoms with van der Waals surface area (Å²) in [6.07, 6.45) is -3.12. The Morgan fingerprint density at radius 3 is 2.63 bits per heavy atom. The number of aromatic nitrogens is 2. The summed E-state index contributed by atoms with van der Waals surface area (Å²) in [6, 6.07) is 9.07. The zero-order valence-corrected chi connectivity index (χ0v) is 22.9. The summed E-state index contributed by atoms with van der Waals surface area (Å²) >= 11 is 1.36. The summed E-state index contributed by atoms with van der Waals surface area (Å²) in [6.45, 7) is 6.52. The number of hydrogen-bond donors (Lipinski definition) is 3. The van der Waals surface area contributed by atoms with Crippen LogP contribution in [0.2, 0.25) is 0 Å². The molecule has 0 bridgehead atoms. The number of nitrogens with zero attached hydrogens (tertiary/aromatic N) is 3. The fourth-order valence-corrected chi connectivity index (χ4v) is 5.32. The lowest BCUT2D eigenvalue weighted by atomic mass is 10.1. The van der Waals surface area contributed by atoms with Crippen LogP contribution in [0.1, 0.15) is 31.8 Å². The number of thiophene rings is 1. The molecular weight excluding hydrogens is 557 g/mol. The molecule has 3 N–H and O–H groups in total. The first-order valence-electron chi connectivity index (χ1n) is 12.9. The van der Waals surface area contributed by atoms with Gasteiger partial charge in [-0.05, 0) is 42.8 Å². The van der Waals surface area contributed by atoms with E-state index in [4.69, 9.17) is 4.74 Å². The van der Waals surface area contributed by atoms with Crippen molar-refractivity contribution in [3.63, 3.8) is 0 Å². The summed E-state index contributed by atoms with van der Waals surface area (Å²) in [4.78, 5) is 37.1. The zero-order chi connectivity index (χ0) is 29.0. The van der Waals surface area contributed by atoms with E-state index in [-0.39, 0.29) is 11.3 Å². The van der Waals surface area contributed by atoms with Gasteiger partial charge in [0.15, 0.2) is 0 Å². The molecule has 1 aliphatic rings. The van der Waals surface area contributed by atoms with Gasteiger partial charge >= 0.3 is 6.18 Å². The number of aryl methyl sites for hydroxylation is 1. The van der Waals surface area contributed by atoms with Gasteiger partial charge < -0.3 is 20.7 Å². The van der Waals surface area contributed by atoms with E-state index in [2.05, 4.69) is 30.8 Å². The first kappa shape index (κ1) is 28.5. The highest BCUT2D eigenvalue weighted by atomic mass is 32.1. The first-order valence-corrected chi connectivity index (χ1v) is 13.7. The Hall–Kier alpha value is -4.07. The van der Waals surface area contributed by atoms with Crippen molar-refractivity contribution in [2.75, 3.05) is 55.3 Å². The summed E-state index contributed by atoms with van der Waals surface area (Å²) in [7, 11) is 0. The molecule has 3 heterocycles. The van der Waals surface area contributed by atoms with Crippen LogP contribution in [0.15, 0.2) is 54.2 Å². The van der Waals surface area contributed by atoms with Crippen LogP contribution in [0.4, 0.5) is 30.4 Å². The van der Waals surface area contributed by atoms with Gasteiger partial charge in [0.05, 0.1) is 34.6 Å². The Balaban J connectivity index is 1.28. The molecule has 13 heteroatoms. The van der Waals surface area contributed by atoms with Crippen molar-refractivity contribution in [1.29, 1.82) is 0 Å². The van der Waals surface area contributed by atoms with Crippen LogP contribution in [0.25, 0.3) is 10.2 Å². The molecule has 1 aliphatic heterocycles. The number of carbonyl (C=O) groups excluding carboxylic acids is 2. The van der Waals surface area contributed by atoms with E-state index in [1.54, 1.807) is 18.4 Å². The highest BCUT2D eigenvalue weighted by Gasteiger charge is 2.30. The average Bonchev–Trinajstić information content (AvgIpc) is 3.40. The number of alkyl halides is 3. The second-order valence-electron chi connectivity index (χ2n) is 9.45. The standard InChI is InChI=1S/C28H27F3N6O3S/c1-17-5-6-18(26(38)35-20-4-2-3-19(14-20)28(29,30)31)13-22(17)36-27(39)21-15-41-24-23(21)33-16-34-25(24)32-7-8-37-9-11-40-12-10-37/h2-6,13-16H,7-12H2,1H3,(H,35,38)(H,36,39)(H,32,33,34). The van der Waals surface area contributed by atoms with Crippen molar-refractivity contribution in [3.8, 4) is 0 Å². The van der Waals surface area contributed by atoms with Gasteiger partial charge in [-0.2, -0.15) is 13.2 Å². The predicted molar refractivity (Wildman–Crippen MR) is 152 cm³/mol. The number of ether oxygens (including phenoxy) is 1. The molecule has 0 unspecified atom stereocenters. The molecule has 1 fully saturated rings. The molecule has 0 radical (unpaired) electrons. The van der Waals surface area contributed by atoms with Gasteiger partial charge in [0.1, 0.15) is 12.1 Å². The highest BCUT2D eigenvalue weighted by Crippen LogP contribution is 2.32. The lowest BCUT2D eigenvalue weighted by Gasteiger charge is -2.26. The Kier molecular flexibility index (Phi) is 8.47. The molecule has 41 heavy (non-hydrogen) atoms. The molecule has 2 amide bonds. The third kappa shape index (κ3) is 6.81. The van der Waals surface area contributed by atoms with Gasteiger partial charge in [0, 0.05) is 48.5 Å². The Morgan fingerprint density at radius 2 is 1.85 bits per heavy atom. The maximum atomic E-state index is 13.3. The van der Waals surface area contributed by atoms with Gasteiger partial charge in [0.25, 0.3) is 11.8 Å². The van der Waals surface area contributed by atoms with E-state index < -0.39 is 23.6 Å². The Labute approximate surface area is 237 Å². The molecule has 0 spiro atoms. The average molecular weight is 585 g/mol. The van der Waals surface area contributed by atoms with Crippen molar-refractivity contribution in [1.82, 2.24) is 14.9 Å². The van der Waals surface area contributed by atoms with Crippen molar-refractivity contribution < 1.29 is 27.5 Å². The van der Waals surface area contributed by atoms with E-state index in [1.807, 2.05) is 0 Å². The number of benzene rings is 2. The third-order valence-electron chi connectivity index (χ3n) is 6.62. The maximum absolute atomic E-state index is 13.3. The largest absolute Gasteiger partial charge is 0.416 e. The van der Waals surface area contributed by atoms with E-state index in [9.17, 15) is 22.8 Å². The summed E-state index contributed by atoms with van der Waals surface area (Å²) < 4.78 is 45.3. The minimum absolute atomic E-state index is 0.00905. The SMILES string of the molecule is Cc1ccc(C(=O)Nc2cccc(C(F)(F)F)c2)cc1NC(=O)c1csc2c(NCCN3CCOCC3)ncnc12. The number of hydrogen-bond acceptors (Lipinski definition) is 8. The number of carbonyl (C=O) groups is 2. The van der Waals surface area contributed by atoms with Gasteiger partial charge in [-0.15, -0.1) is 11.3 Å². The molecule has 0 aliphatic carbocycles. The van der Waals surface area contributed by atoms with Crippen LogP contribution < -0.4 is 16.0 Å². The number of nitrogens with one attached hydrogen (secondary N) is 3. The number of fused-ring (bicyclic) bond motifs is 1. The second kappa shape index (κ2) is 12.2. The van der Waals surface area contributed by atoms with Crippen molar-refractivity contribution in [3.05, 3.63) is 76.4 Å². The molecule has 2 aromatic carbocycles. The maximum Gasteiger partial charge on any atom is 0.416 e. The van der Waals surface area contributed by atoms with E-state index >= 15 is 0 Å². The second-order valence-corrected chi connectivity index (χ2v) is 10.3. The minimum atomic E-state index is -4.53. The van der Waals surface area contributed by atoms with Crippen LogP contribution in [0.3, 0.4) is 0 Å². The lowest BCUT2D eigenvalue weighted by Crippen LogP contribution is -2.39. The Morgan fingerprint density at radius 1 is 1.05 bits per heavy atom. The number of morpholine rings is 1. The lowest BCUT2D eigenvalue weighted by molar-refractivity contribution is -0.137. The quantitative estimate of drug-likeness (QED) is 0.259. The van der Waals surface area contributed by atoms with E-state index in [0.29, 0.717) is 34.7 Å². The molecule has 5 rings (SSSR count). The normalized spacial score (nSPS) is 14.1. The number of halogens is 3. The summed E-state index contributed by atoms with van der Waals surface area (Å²) in [5.74, 6) is -0.370. The van der Waals surface area contributed by atoms with Crippen molar-refractivity contribution in [2.45, 2.75) is 13.1 Å². The van der Waals surface area contributed by atoms with Crippen LogP contribution in [-0.2, 0) is 10.9 Å². The smallest absolute Gasteiger partial charge is 0.379 e. The van der Waals surface area contributed by atoms with Gasteiger partial charge in [0.2, 0.25) is 0 Å². The third-order valence-corrected chi connectivity index (χ3v) is 7.59. The summed E-state index contributed by atoms with van der Waals surface area (Å²) in [5, 5.41) is 10.4. The van der Waals surface area contributed by atoms with Gasteiger partial charge in [-0.25, -0.2) is 9.97 Å². The monoisotopic (exact) mass is 584 g/mol. The molecule has 4 aromatic rings. The molecular formula is C28H27F3N6O3S. The molecule has 2 aromatic heterocycles. The molecule has 0 atom stereocenters.